The van der Waals surface area contributed by atoms with Crippen LogP contribution in [0.3, 0.4) is 0 Å². The molecular weight excluding hydrogens is 342 g/mol. The number of pyridine rings is 2. The average Bonchev–Trinajstić information content (AvgIpc) is 2.63. The molecule has 27 heavy (non-hydrogen) atoms. The molecule has 4 heterocycles. The maximum atomic E-state index is 12.5. The zero-order chi connectivity index (χ0) is 18.6. The number of β-amino-alcohol motifs (C(OH)–C–C–N with tert-alkyl or cyclic N) is 1. The van der Waals surface area contributed by atoms with E-state index in [2.05, 4.69) is 20.9 Å². The van der Waals surface area contributed by atoms with E-state index in [0.29, 0.717) is 24.0 Å². The Labute approximate surface area is 157 Å². The molecule has 0 aromatic carbocycles. The first-order valence-corrected chi connectivity index (χ1v) is 9.73. The number of hydrogen-bond acceptors (Lipinski definition) is 6. The van der Waals surface area contributed by atoms with Crippen molar-refractivity contribution in [1.82, 2.24) is 9.97 Å². The van der Waals surface area contributed by atoms with Crippen LogP contribution >= 0.6 is 0 Å². The van der Waals surface area contributed by atoms with Gasteiger partial charge in [-0.15, -0.1) is 0 Å². The molecule has 7 heteroatoms. The maximum Gasteiger partial charge on any atom is 0.268 e. The summed E-state index contributed by atoms with van der Waals surface area (Å²) in [4.78, 5) is 23.9. The summed E-state index contributed by atoms with van der Waals surface area (Å²) < 4.78 is 0. The van der Waals surface area contributed by atoms with E-state index in [1.165, 1.54) is 19.3 Å². The van der Waals surface area contributed by atoms with Crippen molar-refractivity contribution < 1.29 is 5.11 Å². The SMILES string of the molecule is N#Cc1c(N2CCC3(CCC3)CC2)c2cc(N3CC(O)C3)ncc2[nH]c1=O. The summed E-state index contributed by atoms with van der Waals surface area (Å²) in [5.74, 6) is 0.775. The highest BCUT2D eigenvalue weighted by atomic mass is 16.3. The van der Waals surface area contributed by atoms with Crippen LogP contribution in [0.15, 0.2) is 17.1 Å². The molecule has 3 aliphatic rings. The number of nitrogens with zero attached hydrogens (tertiary/aromatic N) is 4. The third-order valence-corrected chi connectivity index (χ3v) is 6.71. The van der Waals surface area contributed by atoms with E-state index in [1.807, 2.05) is 11.0 Å². The Morgan fingerprint density at radius 3 is 2.56 bits per heavy atom. The molecule has 1 saturated carbocycles. The summed E-state index contributed by atoms with van der Waals surface area (Å²) >= 11 is 0. The summed E-state index contributed by atoms with van der Waals surface area (Å²) in [6.45, 7) is 2.89. The predicted octanol–water partition coefficient (Wildman–Crippen LogP) is 1.75. The Morgan fingerprint density at radius 2 is 1.96 bits per heavy atom. The van der Waals surface area contributed by atoms with Gasteiger partial charge in [0, 0.05) is 31.6 Å². The maximum absolute atomic E-state index is 12.5. The lowest BCUT2D eigenvalue weighted by atomic mass is 9.63. The summed E-state index contributed by atoms with van der Waals surface area (Å²) in [6, 6.07) is 4.07. The van der Waals surface area contributed by atoms with Crippen LogP contribution in [0.5, 0.6) is 0 Å². The topological polar surface area (TPSA) is 96.2 Å². The minimum Gasteiger partial charge on any atom is -0.389 e. The summed E-state index contributed by atoms with van der Waals surface area (Å²) in [5, 5.41) is 20.1. The lowest BCUT2D eigenvalue weighted by molar-refractivity contribution is 0.0956. The Bertz CT molecular complexity index is 988. The first-order valence-electron chi connectivity index (χ1n) is 9.73. The van der Waals surface area contributed by atoms with Gasteiger partial charge < -0.3 is 19.9 Å². The largest absolute Gasteiger partial charge is 0.389 e. The van der Waals surface area contributed by atoms with E-state index >= 15 is 0 Å². The van der Waals surface area contributed by atoms with Gasteiger partial charge in [0.15, 0.2) is 0 Å². The van der Waals surface area contributed by atoms with Gasteiger partial charge in [-0.05, 0) is 37.2 Å². The summed E-state index contributed by atoms with van der Waals surface area (Å²) in [5.41, 5.74) is 1.74. The van der Waals surface area contributed by atoms with Crippen molar-refractivity contribution in [1.29, 1.82) is 5.26 Å². The number of aromatic nitrogens is 2. The van der Waals surface area contributed by atoms with Gasteiger partial charge in [-0.3, -0.25) is 4.79 Å². The van der Waals surface area contributed by atoms with E-state index in [1.54, 1.807) is 6.20 Å². The zero-order valence-electron chi connectivity index (χ0n) is 15.2. The van der Waals surface area contributed by atoms with E-state index in [0.717, 1.165) is 42.8 Å². The monoisotopic (exact) mass is 365 g/mol. The highest BCUT2D eigenvalue weighted by Crippen LogP contribution is 2.49. The van der Waals surface area contributed by atoms with Gasteiger partial charge in [0.2, 0.25) is 0 Å². The van der Waals surface area contributed by atoms with Crippen LogP contribution in [0.4, 0.5) is 11.5 Å². The molecule has 0 amide bonds. The molecular formula is C20H23N5O2. The third-order valence-electron chi connectivity index (χ3n) is 6.71. The lowest BCUT2D eigenvalue weighted by Crippen LogP contribution is -2.51. The first kappa shape index (κ1) is 16.6. The van der Waals surface area contributed by atoms with E-state index < -0.39 is 0 Å². The number of aromatic amines is 1. The highest BCUT2D eigenvalue weighted by Gasteiger charge is 2.40. The second-order valence-electron chi connectivity index (χ2n) is 8.28. The normalized spacial score (nSPS) is 21.8. The van der Waals surface area contributed by atoms with E-state index in [-0.39, 0.29) is 17.2 Å². The Morgan fingerprint density at radius 1 is 1.22 bits per heavy atom. The number of rotatable bonds is 2. The van der Waals surface area contributed by atoms with Crippen molar-refractivity contribution in [2.24, 2.45) is 5.41 Å². The Balaban J connectivity index is 1.58. The van der Waals surface area contributed by atoms with Crippen LogP contribution < -0.4 is 15.4 Å². The van der Waals surface area contributed by atoms with Gasteiger partial charge in [-0.25, -0.2) is 4.98 Å². The van der Waals surface area contributed by atoms with Crippen LogP contribution in [0.1, 0.15) is 37.7 Å². The van der Waals surface area contributed by atoms with Crippen molar-refractivity contribution in [3.05, 3.63) is 28.2 Å². The number of aliphatic hydroxyl groups excluding tert-OH is 1. The molecule has 140 valence electrons. The zero-order valence-corrected chi connectivity index (χ0v) is 15.2. The number of piperidine rings is 1. The van der Waals surface area contributed by atoms with Crippen LogP contribution in [0.25, 0.3) is 10.9 Å². The molecule has 0 unspecified atom stereocenters. The highest BCUT2D eigenvalue weighted by molar-refractivity contribution is 5.95. The quantitative estimate of drug-likeness (QED) is 0.842. The number of fused-ring (bicyclic) bond motifs is 1. The minimum absolute atomic E-state index is 0.188. The van der Waals surface area contributed by atoms with Crippen LogP contribution in [-0.4, -0.2) is 47.4 Å². The number of H-pyrrole nitrogens is 1. The summed E-state index contributed by atoms with van der Waals surface area (Å²) in [6.07, 6.45) is 7.56. The number of nitriles is 1. The molecule has 2 saturated heterocycles. The first-order chi connectivity index (χ1) is 13.1. The summed E-state index contributed by atoms with van der Waals surface area (Å²) in [7, 11) is 0. The van der Waals surface area contributed by atoms with Crippen LogP contribution in [0, 0.1) is 16.7 Å². The second-order valence-corrected chi connectivity index (χ2v) is 8.28. The molecule has 2 aromatic heterocycles. The van der Waals surface area contributed by atoms with Gasteiger partial charge >= 0.3 is 0 Å². The smallest absolute Gasteiger partial charge is 0.268 e. The van der Waals surface area contributed by atoms with E-state index in [9.17, 15) is 15.2 Å². The molecule has 0 radical (unpaired) electrons. The predicted molar refractivity (Wildman–Crippen MR) is 103 cm³/mol. The van der Waals surface area contributed by atoms with Crippen molar-refractivity contribution in [3.8, 4) is 6.07 Å². The van der Waals surface area contributed by atoms with Gasteiger partial charge in [0.05, 0.1) is 23.5 Å². The van der Waals surface area contributed by atoms with Gasteiger partial charge in [-0.1, -0.05) is 6.42 Å². The molecule has 2 N–H and O–H groups in total. The molecule has 2 aliphatic heterocycles. The third kappa shape index (κ3) is 2.59. The second kappa shape index (κ2) is 5.96. The number of anilines is 2. The molecule has 0 bridgehead atoms. The van der Waals surface area contributed by atoms with Gasteiger partial charge in [-0.2, -0.15) is 5.26 Å². The van der Waals surface area contributed by atoms with Crippen LogP contribution in [-0.2, 0) is 0 Å². The van der Waals surface area contributed by atoms with Crippen molar-refractivity contribution in [3.63, 3.8) is 0 Å². The Kier molecular flexibility index (Phi) is 3.66. The molecule has 2 aromatic rings. The fourth-order valence-electron chi connectivity index (χ4n) is 4.80. The fraction of sp³-hybridized carbons (Fsp3) is 0.550. The molecule has 1 aliphatic carbocycles. The molecule has 1 spiro atoms. The average molecular weight is 365 g/mol. The van der Waals surface area contributed by atoms with Crippen molar-refractivity contribution in [2.75, 3.05) is 36.0 Å². The molecule has 0 atom stereocenters. The van der Waals surface area contributed by atoms with Crippen molar-refractivity contribution >= 4 is 22.4 Å². The van der Waals surface area contributed by atoms with E-state index in [4.69, 9.17) is 0 Å². The van der Waals surface area contributed by atoms with Crippen molar-refractivity contribution in [2.45, 2.75) is 38.2 Å². The fourth-order valence-corrected chi connectivity index (χ4v) is 4.80. The Hall–Kier alpha value is -2.59. The molecule has 3 fully saturated rings. The molecule has 5 rings (SSSR count). The standard InChI is InChI=1S/C20H23N5O2/c21-9-15-18(24-6-4-20(5-7-24)2-1-3-20)14-8-17(25-11-13(26)12-25)22-10-16(14)23-19(15)27/h8,10,13,26H,1-7,11-12H2,(H,23,27). The number of aliphatic hydroxyl groups is 1. The number of hydrogen-bond donors (Lipinski definition) is 2. The van der Waals surface area contributed by atoms with Crippen LogP contribution in [0.2, 0.25) is 0 Å². The van der Waals surface area contributed by atoms with Gasteiger partial charge in [0.25, 0.3) is 5.56 Å². The lowest BCUT2D eigenvalue weighted by Gasteiger charge is -2.48. The number of nitrogens with one attached hydrogen (secondary N) is 1. The van der Waals surface area contributed by atoms with Gasteiger partial charge in [0.1, 0.15) is 17.5 Å². The minimum atomic E-state index is -0.349. The molecule has 7 nitrogen and oxygen atoms in total.